The second-order valence-corrected chi connectivity index (χ2v) is 8.28. The molecule has 0 bridgehead atoms. The van der Waals surface area contributed by atoms with E-state index in [9.17, 15) is 4.79 Å². The second-order valence-electron chi connectivity index (χ2n) is 8.28. The Morgan fingerprint density at radius 1 is 1.21 bits per heavy atom. The molecule has 0 radical (unpaired) electrons. The van der Waals surface area contributed by atoms with E-state index in [-0.39, 0.29) is 11.9 Å². The smallest absolute Gasteiger partial charge is 0.245 e. The molecular formula is C21H32N4O3. The van der Waals surface area contributed by atoms with E-state index in [4.69, 9.17) is 9.84 Å². The molecule has 154 valence electrons. The van der Waals surface area contributed by atoms with Gasteiger partial charge in [0.25, 0.3) is 0 Å². The van der Waals surface area contributed by atoms with E-state index < -0.39 is 6.61 Å². The minimum atomic E-state index is -0.403. The first-order valence-electron chi connectivity index (χ1n) is 10.7. The Balaban J connectivity index is 1.18. The number of nitrogens with zero attached hydrogens (tertiary/aromatic N) is 3. The lowest BCUT2D eigenvalue weighted by atomic mass is 9.84. The average Bonchev–Trinajstić information content (AvgIpc) is 3.22. The summed E-state index contributed by atoms with van der Waals surface area (Å²) in [7, 11) is 0. The number of piperazine rings is 1. The largest absolute Gasteiger partial charge is 0.489 e. The van der Waals surface area contributed by atoms with E-state index in [1.165, 1.54) is 24.8 Å². The first-order chi connectivity index (χ1) is 13.7. The van der Waals surface area contributed by atoms with Crippen molar-refractivity contribution in [1.82, 2.24) is 15.2 Å². The third kappa shape index (κ3) is 4.58. The van der Waals surface area contributed by atoms with Gasteiger partial charge in [-0.05, 0) is 50.6 Å². The fourth-order valence-corrected chi connectivity index (χ4v) is 4.74. The molecule has 0 spiro atoms. The first kappa shape index (κ1) is 19.5. The molecule has 1 saturated carbocycles. The quantitative estimate of drug-likeness (QED) is 0.762. The van der Waals surface area contributed by atoms with Gasteiger partial charge in [0.15, 0.2) is 11.6 Å². The molecule has 1 saturated heterocycles. The van der Waals surface area contributed by atoms with Crippen LogP contribution < -0.4 is 15.0 Å². The van der Waals surface area contributed by atoms with Crippen molar-refractivity contribution in [3.8, 4) is 5.75 Å². The standard InChI is InChI=1S/C21H32N4O3/c26-15-19(27)23-18-3-1-16(2-4-18)6-9-24-10-12-25(13-11-24)21-20-17(5-8-22-21)7-14-28-20/h5,8,16,18,26H,1-4,6-7,9-15H2,(H,23,27)/t16-,18-. The first-order valence-corrected chi connectivity index (χ1v) is 10.7. The Morgan fingerprint density at radius 2 is 2.00 bits per heavy atom. The third-order valence-corrected chi connectivity index (χ3v) is 6.47. The maximum Gasteiger partial charge on any atom is 0.245 e. The summed E-state index contributed by atoms with van der Waals surface area (Å²) in [5.74, 6) is 2.54. The van der Waals surface area contributed by atoms with Crippen molar-refractivity contribution in [1.29, 1.82) is 0 Å². The predicted octanol–water partition coefficient (Wildman–Crippen LogP) is 1.20. The molecule has 3 aliphatic rings. The van der Waals surface area contributed by atoms with Crippen molar-refractivity contribution >= 4 is 11.7 Å². The van der Waals surface area contributed by atoms with Crippen LogP contribution in [0.4, 0.5) is 5.82 Å². The molecule has 1 aromatic heterocycles. The molecule has 7 nitrogen and oxygen atoms in total. The van der Waals surface area contributed by atoms with Gasteiger partial charge in [-0.25, -0.2) is 4.98 Å². The van der Waals surface area contributed by atoms with Crippen LogP contribution in [-0.2, 0) is 11.2 Å². The number of pyridine rings is 1. The highest BCUT2D eigenvalue weighted by Crippen LogP contribution is 2.34. The van der Waals surface area contributed by atoms with Gasteiger partial charge in [-0.15, -0.1) is 0 Å². The molecule has 1 amide bonds. The van der Waals surface area contributed by atoms with Crippen LogP contribution in [0, 0.1) is 5.92 Å². The zero-order chi connectivity index (χ0) is 19.3. The molecular weight excluding hydrogens is 356 g/mol. The van der Waals surface area contributed by atoms with Gasteiger partial charge in [-0.3, -0.25) is 9.69 Å². The number of aromatic nitrogens is 1. The average molecular weight is 389 g/mol. The van der Waals surface area contributed by atoms with E-state index >= 15 is 0 Å². The molecule has 28 heavy (non-hydrogen) atoms. The summed E-state index contributed by atoms with van der Waals surface area (Å²) in [6.45, 7) is 5.70. The number of aliphatic hydroxyl groups is 1. The zero-order valence-corrected chi connectivity index (χ0v) is 16.6. The van der Waals surface area contributed by atoms with Gasteiger partial charge in [0.1, 0.15) is 6.61 Å². The molecule has 3 heterocycles. The summed E-state index contributed by atoms with van der Waals surface area (Å²) in [5, 5.41) is 11.8. The van der Waals surface area contributed by atoms with E-state index in [0.29, 0.717) is 0 Å². The molecule has 0 unspecified atom stereocenters. The van der Waals surface area contributed by atoms with Crippen LogP contribution in [0.25, 0.3) is 0 Å². The number of carbonyl (C=O) groups excluding carboxylic acids is 1. The number of amides is 1. The summed E-state index contributed by atoms with van der Waals surface area (Å²) in [6.07, 6.45) is 8.57. The minimum absolute atomic E-state index is 0.245. The Kier molecular flexibility index (Phi) is 6.32. The third-order valence-electron chi connectivity index (χ3n) is 6.47. The van der Waals surface area contributed by atoms with E-state index in [1.54, 1.807) is 0 Å². The topological polar surface area (TPSA) is 77.9 Å². The summed E-state index contributed by atoms with van der Waals surface area (Å²) in [6, 6.07) is 2.33. The van der Waals surface area contributed by atoms with Crippen molar-refractivity contribution in [2.75, 3.05) is 50.8 Å². The number of nitrogens with one attached hydrogen (secondary N) is 1. The maximum absolute atomic E-state index is 11.3. The van der Waals surface area contributed by atoms with Crippen LogP contribution in [0.3, 0.4) is 0 Å². The fourth-order valence-electron chi connectivity index (χ4n) is 4.74. The number of carbonyl (C=O) groups is 1. The SMILES string of the molecule is O=C(CO)N[C@H]1CC[C@H](CCN2CCN(c3nccc4c3OCC4)CC2)CC1. The van der Waals surface area contributed by atoms with Gasteiger partial charge >= 0.3 is 0 Å². The summed E-state index contributed by atoms with van der Waals surface area (Å²) in [4.78, 5) is 20.8. The van der Waals surface area contributed by atoms with E-state index in [2.05, 4.69) is 26.2 Å². The minimum Gasteiger partial charge on any atom is -0.489 e. The molecule has 1 aliphatic carbocycles. The van der Waals surface area contributed by atoms with Crippen LogP contribution in [0.1, 0.15) is 37.7 Å². The molecule has 1 aromatic rings. The highest BCUT2D eigenvalue weighted by molar-refractivity contribution is 5.77. The Morgan fingerprint density at radius 3 is 2.75 bits per heavy atom. The van der Waals surface area contributed by atoms with Crippen molar-refractivity contribution in [3.05, 3.63) is 17.8 Å². The highest BCUT2D eigenvalue weighted by atomic mass is 16.5. The van der Waals surface area contributed by atoms with E-state index in [1.807, 2.05) is 6.20 Å². The number of aliphatic hydroxyl groups excluding tert-OH is 1. The Hall–Kier alpha value is -1.86. The van der Waals surface area contributed by atoms with Crippen LogP contribution in [0.5, 0.6) is 5.75 Å². The van der Waals surface area contributed by atoms with Gasteiger partial charge in [0.2, 0.25) is 5.91 Å². The molecule has 0 atom stereocenters. The van der Waals surface area contributed by atoms with E-state index in [0.717, 1.165) is 76.1 Å². The Bertz CT molecular complexity index is 668. The van der Waals surface area contributed by atoms with Gasteiger partial charge in [0.05, 0.1) is 6.61 Å². The number of rotatable bonds is 6. The Labute approximate surface area is 167 Å². The van der Waals surface area contributed by atoms with Crippen LogP contribution in [-0.4, -0.2) is 72.9 Å². The highest BCUT2D eigenvalue weighted by Gasteiger charge is 2.26. The summed E-state index contributed by atoms with van der Waals surface area (Å²) < 4.78 is 5.82. The van der Waals surface area contributed by atoms with Gasteiger partial charge in [-0.1, -0.05) is 0 Å². The monoisotopic (exact) mass is 388 g/mol. The number of hydrogen-bond acceptors (Lipinski definition) is 6. The molecule has 7 heteroatoms. The number of ether oxygens (including phenoxy) is 1. The number of anilines is 1. The summed E-state index contributed by atoms with van der Waals surface area (Å²) >= 11 is 0. The van der Waals surface area contributed by atoms with Crippen LogP contribution in [0.2, 0.25) is 0 Å². The van der Waals surface area contributed by atoms with Gasteiger partial charge in [0, 0.05) is 50.4 Å². The lowest BCUT2D eigenvalue weighted by Crippen LogP contribution is -2.47. The molecule has 2 fully saturated rings. The van der Waals surface area contributed by atoms with Crippen molar-refractivity contribution in [3.63, 3.8) is 0 Å². The van der Waals surface area contributed by atoms with Crippen molar-refractivity contribution < 1.29 is 14.6 Å². The number of hydrogen-bond donors (Lipinski definition) is 2. The second kappa shape index (κ2) is 9.09. The lowest BCUT2D eigenvalue weighted by Gasteiger charge is -2.37. The summed E-state index contributed by atoms with van der Waals surface area (Å²) in [5.41, 5.74) is 1.29. The molecule has 2 aliphatic heterocycles. The van der Waals surface area contributed by atoms with Crippen LogP contribution >= 0.6 is 0 Å². The van der Waals surface area contributed by atoms with Crippen molar-refractivity contribution in [2.45, 2.75) is 44.6 Å². The van der Waals surface area contributed by atoms with Crippen LogP contribution in [0.15, 0.2) is 12.3 Å². The maximum atomic E-state index is 11.3. The molecule has 2 N–H and O–H groups in total. The number of fused-ring (bicyclic) bond motifs is 1. The van der Waals surface area contributed by atoms with Gasteiger partial charge in [-0.2, -0.15) is 0 Å². The fraction of sp³-hybridized carbons (Fsp3) is 0.714. The predicted molar refractivity (Wildman–Crippen MR) is 108 cm³/mol. The molecule has 4 rings (SSSR count). The molecule has 0 aromatic carbocycles. The van der Waals surface area contributed by atoms with Gasteiger partial charge < -0.3 is 20.1 Å². The normalized spacial score (nSPS) is 25.2. The zero-order valence-electron chi connectivity index (χ0n) is 16.6. The van der Waals surface area contributed by atoms with Crippen molar-refractivity contribution in [2.24, 2.45) is 5.92 Å². The lowest BCUT2D eigenvalue weighted by molar-refractivity contribution is -0.124.